The van der Waals surface area contributed by atoms with Crippen molar-refractivity contribution in [2.75, 3.05) is 26.8 Å². The summed E-state index contributed by atoms with van der Waals surface area (Å²) < 4.78 is 5.14. The van der Waals surface area contributed by atoms with Crippen LogP contribution in [-0.4, -0.2) is 26.8 Å². The van der Waals surface area contributed by atoms with Gasteiger partial charge in [-0.05, 0) is 37.8 Å². The Bertz CT molecular complexity index is 312. The zero-order chi connectivity index (χ0) is 12.5. The van der Waals surface area contributed by atoms with Gasteiger partial charge in [0.15, 0.2) is 0 Å². The largest absolute Gasteiger partial charge is 0.385 e. The van der Waals surface area contributed by atoms with Gasteiger partial charge in [0.25, 0.3) is 0 Å². The maximum Gasteiger partial charge on any atom is 0.0462 e. The molecule has 0 fully saturated rings. The maximum atomic E-state index is 5.14. The van der Waals surface area contributed by atoms with Crippen molar-refractivity contribution in [1.29, 1.82) is 0 Å². The van der Waals surface area contributed by atoms with E-state index in [9.17, 15) is 0 Å². The third kappa shape index (κ3) is 5.33. The number of methoxy groups -OCH3 is 1. The number of rotatable bonds is 8. The van der Waals surface area contributed by atoms with Gasteiger partial charge >= 0.3 is 0 Å². The van der Waals surface area contributed by atoms with Crippen LogP contribution in [0.5, 0.6) is 0 Å². The lowest BCUT2D eigenvalue weighted by Gasteiger charge is -2.18. The summed E-state index contributed by atoms with van der Waals surface area (Å²) in [6.07, 6.45) is 2.31. The number of benzene rings is 1. The monoisotopic (exact) mass is 235 g/mol. The molecule has 0 spiro atoms. The zero-order valence-corrected chi connectivity index (χ0v) is 11.3. The summed E-state index contributed by atoms with van der Waals surface area (Å²) in [5, 5.41) is 3.45. The van der Waals surface area contributed by atoms with Crippen LogP contribution in [0.3, 0.4) is 0 Å². The molecule has 1 N–H and O–H groups in total. The number of nitrogens with one attached hydrogen (secondary N) is 1. The van der Waals surface area contributed by atoms with Gasteiger partial charge in [0.1, 0.15) is 0 Å². The molecule has 2 heteroatoms. The van der Waals surface area contributed by atoms with Crippen molar-refractivity contribution in [3.8, 4) is 0 Å². The van der Waals surface area contributed by atoms with Gasteiger partial charge in [-0.1, -0.05) is 36.8 Å². The summed E-state index contributed by atoms with van der Waals surface area (Å²) >= 11 is 0. The molecule has 1 rings (SSSR count). The van der Waals surface area contributed by atoms with E-state index < -0.39 is 0 Å². The van der Waals surface area contributed by atoms with Crippen molar-refractivity contribution in [2.45, 2.75) is 32.6 Å². The molecule has 17 heavy (non-hydrogen) atoms. The number of likely N-dealkylation sites (N-methyl/N-ethyl adjacent to an activating group) is 1. The van der Waals surface area contributed by atoms with Gasteiger partial charge in [0.2, 0.25) is 0 Å². The first-order valence-electron chi connectivity index (χ1n) is 6.54. The van der Waals surface area contributed by atoms with E-state index in [1.165, 1.54) is 17.5 Å². The summed E-state index contributed by atoms with van der Waals surface area (Å²) in [6.45, 7) is 7.26. The molecule has 0 saturated carbocycles. The Hall–Kier alpha value is -0.860. The summed E-state index contributed by atoms with van der Waals surface area (Å²) in [4.78, 5) is 0. The minimum atomic E-state index is 0.602. The predicted octanol–water partition coefficient (Wildman–Crippen LogP) is 3.11. The molecular formula is C15H25NO. The van der Waals surface area contributed by atoms with E-state index in [-0.39, 0.29) is 0 Å². The van der Waals surface area contributed by atoms with Crippen molar-refractivity contribution in [2.24, 2.45) is 0 Å². The molecule has 1 unspecified atom stereocenters. The van der Waals surface area contributed by atoms with E-state index in [4.69, 9.17) is 4.74 Å². The van der Waals surface area contributed by atoms with Crippen molar-refractivity contribution < 1.29 is 4.74 Å². The highest BCUT2D eigenvalue weighted by molar-refractivity contribution is 5.25. The third-order valence-electron chi connectivity index (χ3n) is 3.06. The van der Waals surface area contributed by atoms with Gasteiger partial charge in [-0.15, -0.1) is 0 Å². The molecule has 0 aliphatic carbocycles. The molecule has 1 aromatic rings. The van der Waals surface area contributed by atoms with Crippen molar-refractivity contribution in [3.05, 3.63) is 35.4 Å². The van der Waals surface area contributed by atoms with Crippen molar-refractivity contribution in [1.82, 2.24) is 5.32 Å². The van der Waals surface area contributed by atoms with Crippen LogP contribution >= 0.6 is 0 Å². The molecule has 1 atom stereocenters. The molecule has 0 bridgehead atoms. The van der Waals surface area contributed by atoms with Gasteiger partial charge in [0, 0.05) is 20.3 Å². The maximum absolute atomic E-state index is 5.14. The highest BCUT2D eigenvalue weighted by Crippen LogP contribution is 2.21. The molecule has 1 aromatic carbocycles. The number of hydrogen-bond acceptors (Lipinski definition) is 2. The second-order valence-corrected chi connectivity index (χ2v) is 4.55. The molecule has 2 nitrogen and oxygen atoms in total. The Morgan fingerprint density at radius 2 is 2.18 bits per heavy atom. The van der Waals surface area contributed by atoms with Gasteiger partial charge in [0.05, 0.1) is 0 Å². The van der Waals surface area contributed by atoms with Crippen LogP contribution in [0, 0.1) is 6.92 Å². The van der Waals surface area contributed by atoms with Crippen LogP contribution in [0.25, 0.3) is 0 Å². The predicted molar refractivity (Wildman–Crippen MR) is 73.6 cm³/mol. The fourth-order valence-electron chi connectivity index (χ4n) is 2.10. The third-order valence-corrected chi connectivity index (χ3v) is 3.06. The smallest absolute Gasteiger partial charge is 0.0462 e. The number of aryl methyl sites for hydroxylation is 1. The van der Waals surface area contributed by atoms with Crippen LogP contribution in [-0.2, 0) is 4.74 Å². The van der Waals surface area contributed by atoms with E-state index in [0.717, 1.165) is 26.1 Å². The fourth-order valence-corrected chi connectivity index (χ4v) is 2.10. The second-order valence-electron chi connectivity index (χ2n) is 4.55. The Labute approximate surface area is 105 Å². The average molecular weight is 235 g/mol. The topological polar surface area (TPSA) is 21.3 Å². The lowest BCUT2D eigenvalue weighted by Crippen LogP contribution is -2.21. The molecule has 96 valence electrons. The number of hydrogen-bond donors (Lipinski definition) is 1. The fraction of sp³-hybridized carbons (Fsp3) is 0.600. The minimum absolute atomic E-state index is 0.602. The zero-order valence-electron chi connectivity index (χ0n) is 11.3. The van der Waals surface area contributed by atoms with E-state index in [2.05, 4.69) is 43.4 Å². The van der Waals surface area contributed by atoms with Gasteiger partial charge in [-0.3, -0.25) is 0 Å². The summed E-state index contributed by atoms with van der Waals surface area (Å²) in [5.41, 5.74) is 2.79. The molecule has 0 heterocycles. The lowest BCUT2D eigenvalue weighted by molar-refractivity contribution is 0.190. The summed E-state index contributed by atoms with van der Waals surface area (Å²) in [5.74, 6) is 0.602. The molecule has 0 saturated heterocycles. The minimum Gasteiger partial charge on any atom is -0.385 e. The van der Waals surface area contributed by atoms with Gasteiger partial charge in [-0.25, -0.2) is 0 Å². The number of ether oxygens (including phenoxy) is 1. The van der Waals surface area contributed by atoms with E-state index in [1.54, 1.807) is 7.11 Å². The van der Waals surface area contributed by atoms with Crippen LogP contribution in [0.2, 0.25) is 0 Å². The molecule has 0 aliphatic rings. The normalized spacial score (nSPS) is 12.6. The quantitative estimate of drug-likeness (QED) is 0.699. The first kappa shape index (κ1) is 14.2. The Balaban J connectivity index is 2.60. The molecule has 0 aliphatic heterocycles. The molecular weight excluding hydrogens is 210 g/mol. The molecule has 0 aromatic heterocycles. The first-order valence-corrected chi connectivity index (χ1v) is 6.54. The van der Waals surface area contributed by atoms with E-state index in [1.807, 2.05) is 0 Å². The SMILES string of the molecule is CCNCC(CCCOC)c1cccc(C)c1. The standard InChI is InChI=1S/C15H25NO/c1-4-16-12-15(9-6-10-17-3)14-8-5-7-13(2)11-14/h5,7-8,11,15-16H,4,6,9-10,12H2,1-3H3. The Morgan fingerprint density at radius 3 is 2.82 bits per heavy atom. The van der Waals surface area contributed by atoms with Crippen LogP contribution < -0.4 is 5.32 Å². The first-order chi connectivity index (χ1) is 8.27. The van der Waals surface area contributed by atoms with Crippen LogP contribution in [0.15, 0.2) is 24.3 Å². The average Bonchev–Trinajstić information content (AvgIpc) is 2.33. The van der Waals surface area contributed by atoms with Crippen molar-refractivity contribution in [3.63, 3.8) is 0 Å². The lowest BCUT2D eigenvalue weighted by atomic mass is 9.93. The Morgan fingerprint density at radius 1 is 1.35 bits per heavy atom. The van der Waals surface area contributed by atoms with Crippen LogP contribution in [0.1, 0.15) is 36.8 Å². The van der Waals surface area contributed by atoms with Crippen LogP contribution in [0.4, 0.5) is 0 Å². The van der Waals surface area contributed by atoms with Gasteiger partial charge in [-0.2, -0.15) is 0 Å². The van der Waals surface area contributed by atoms with E-state index >= 15 is 0 Å². The molecule has 0 radical (unpaired) electrons. The van der Waals surface area contributed by atoms with Gasteiger partial charge < -0.3 is 10.1 Å². The highest BCUT2D eigenvalue weighted by atomic mass is 16.5. The molecule has 0 amide bonds. The van der Waals surface area contributed by atoms with E-state index in [0.29, 0.717) is 5.92 Å². The Kier molecular flexibility index (Phi) is 6.90. The second kappa shape index (κ2) is 8.26. The van der Waals surface area contributed by atoms with Crippen molar-refractivity contribution >= 4 is 0 Å². The summed E-state index contributed by atoms with van der Waals surface area (Å²) in [7, 11) is 1.77. The summed E-state index contributed by atoms with van der Waals surface area (Å²) in [6, 6.07) is 8.85. The highest BCUT2D eigenvalue weighted by Gasteiger charge is 2.10.